The number of unbranched alkanes of at least 4 members (excludes halogenated alkanes) is 4. The van der Waals surface area contributed by atoms with Gasteiger partial charge in [0, 0.05) is 12.6 Å². The summed E-state index contributed by atoms with van der Waals surface area (Å²) in [4.78, 5) is 42.8. The molecule has 0 fully saturated rings. The van der Waals surface area contributed by atoms with Crippen LogP contribution in [0.2, 0.25) is 0 Å². The van der Waals surface area contributed by atoms with E-state index in [1.54, 1.807) is 25.7 Å². The lowest BCUT2D eigenvalue weighted by Crippen LogP contribution is -2.54. The van der Waals surface area contributed by atoms with Crippen LogP contribution in [0.5, 0.6) is 0 Å². The molecule has 0 aliphatic heterocycles. The Labute approximate surface area is 244 Å². The van der Waals surface area contributed by atoms with E-state index < -0.39 is 23.8 Å². The molecule has 40 heavy (non-hydrogen) atoms. The van der Waals surface area contributed by atoms with Gasteiger partial charge in [0.2, 0.25) is 11.8 Å². The molecule has 0 aliphatic rings. The Morgan fingerprint density at radius 3 is 2.10 bits per heavy atom. The second kappa shape index (κ2) is 17.3. The van der Waals surface area contributed by atoms with E-state index in [2.05, 4.69) is 24.5 Å². The fourth-order valence-corrected chi connectivity index (χ4v) is 4.83. The summed E-state index contributed by atoms with van der Waals surface area (Å²) in [6.45, 7) is 20.2. The van der Waals surface area contributed by atoms with Crippen LogP contribution in [-0.4, -0.2) is 47.0 Å². The van der Waals surface area contributed by atoms with Crippen molar-refractivity contribution in [1.29, 1.82) is 0 Å². The molecule has 0 saturated heterocycles. The maximum Gasteiger partial charge on any atom is 0.408 e. The highest BCUT2D eigenvalue weighted by Crippen LogP contribution is 2.27. The van der Waals surface area contributed by atoms with Crippen molar-refractivity contribution in [2.45, 2.75) is 144 Å². The van der Waals surface area contributed by atoms with Crippen LogP contribution in [0.3, 0.4) is 0 Å². The van der Waals surface area contributed by atoms with E-state index in [9.17, 15) is 14.4 Å². The maximum absolute atomic E-state index is 14.4. The number of hydrogen-bond acceptors (Lipinski definition) is 4. The van der Waals surface area contributed by atoms with Crippen LogP contribution < -0.4 is 10.6 Å². The van der Waals surface area contributed by atoms with E-state index in [4.69, 9.17) is 4.74 Å². The Balaban J connectivity index is 3.54. The molecule has 3 unspecified atom stereocenters. The van der Waals surface area contributed by atoms with Crippen LogP contribution in [-0.2, 0) is 14.3 Å². The largest absolute Gasteiger partial charge is 0.444 e. The Morgan fingerprint density at radius 2 is 1.55 bits per heavy atom. The standard InChI is InChI=1S/C33H57N3O4/c1-11-13-14-15-16-20-36(31(38)28(21-23(3)4)35-32(39)40-33(8,9)10)29(30(37)34-26(7)17-12-2)27-19-18-24(5)25(6)22-27/h18-19,22-23,26,28-29H,11-17,20-21H2,1-10H3,(H,34,37)(H,35,39). The molecule has 1 aromatic rings. The van der Waals surface area contributed by atoms with Crippen LogP contribution in [0.15, 0.2) is 18.2 Å². The smallest absolute Gasteiger partial charge is 0.408 e. The number of aryl methyl sites for hydroxylation is 2. The quantitative estimate of drug-likeness (QED) is 0.207. The van der Waals surface area contributed by atoms with Crippen molar-refractivity contribution in [3.8, 4) is 0 Å². The van der Waals surface area contributed by atoms with Gasteiger partial charge in [0.15, 0.2) is 0 Å². The average Bonchev–Trinajstić information content (AvgIpc) is 2.83. The van der Waals surface area contributed by atoms with E-state index in [1.807, 2.05) is 52.8 Å². The fourth-order valence-electron chi connectivity index (χ4n) is 4.83. The van der Waals surface area contributed by atoms with Crippen LogP contribution in [0.1, 0.15) is 129 Å². The number of rotatable bonds is 16. The Kier molecular flexibility index (Phi) is 15.3. The second-order valence-corrected chi connectivity index (χ2v) is 12.7. The molecule has 1 aromatic carbocycles. The van der Waals surface area contributed by atoms with Crippen molar-refractivity contribution in [2.75, 3.05) is 6.54 Å². The number of ether oxygens (including phenoxy) is 1. The van der Waals surface area contributed by atoms with Gasteiger partial charge in [0.05, 0.1) is 0 Å². The van der Waals surface area contributed by atoms with Crippen molar-refractivity contribution in [2.24, 2.45) is 5.92 Å². The number of alkyl carbamates (subject to hydrolysis) is 1. The first-order chi connectivity index (χ1) is 18.7. The zero-order valence-corrected chi connectivity index (χ0v) is 27.0. The third kappa shape index (κ3) is 12.7. The number of carbonyl (C=O) groups excluding carboxylic acids is 3. The lowest BCUT2D eigenvalue weighted by atomic mass is 9.96. The number of nitrogens with zero attached hydrogens (tertiary/aromatic N) is 1. The molecule has 3 amide bonds. The highest BCUT2D eigenvalue weighted by Gasteiger charge is 2.36. The molecule has 0 heterocycles. The summed E-state index contributed by atoms with van der Waals surface area (Å²) in [5.41, 5.74) is 2.29. The molecule has 0 aromatic heterocycles. The number of hydrogen-bond donors (Lipinski definition) is 2. The number of benzene rings is 1. The van der Waals surface area contributed by atoms with Crippen molar-refractivity contribution in [3.05, 3.63) is 34.9 Å². The predicted octanol–water partition coefficient (Wildman–Crippen LogP) is 7.39. The van der Waals surface area contributed by atoms with Gasteiger partial charge in [-0.25, -0.2) is 4.79 Å². The zero-order chi connectivity index (χ0) is 30.5. The third-order valence-electron chi connectivity index (χ3n) is 7.00. The Hall–Kier alpha value is -2.57. The van der Waals surface area contributed by atoms with Crippen LogP contribution in [0, 0.1) is 19.8 Å². The Morgan fingerprint density at radius 1 is 0.900 bits per heavy atom. The van der Waals surface area contributed by atoms with Crippen LogP contribution in [0.25, 0.3) is 0 Å². The summed E-state index contributed by atoms with van der Waals surface area (Å²) in [5, 5.41) is 6.00. The van der Waals surface area contributed by atoms with Gasteiger partial charge in [-0.15, -0.1) is 0 Å². The summed E-state index contributed by atoms with van der Waals surface area (Å²) in [7, 11) is 0. The van der Waals surface area contributed by atoms with Crippen molar-refractivity contribution >= 4 is 17.9 Å². The molecule has 7 nitrogen and oxygen atoms in total. The normalized spacial score (nSPS) is 13.9. The van der Waals surface area contributed by atoms with Crippen molar-refractivity contribution in [1.82, 2.24) is 15.5 Å². The lowest BCUT2D eigenvalue weighted by Gasteiger charge is -2.35. The molecular formula is C33H57N3O4. The zero-order valence-electron chi connectivity index (χ0n) is 27.0. The number of amides is 3. The SMILES string of the molecule is CCCCCCCN(C(=O)C(CC(C)C)NC(=O)OC(C)(C)C)C(C(=O)NC(C)CCC)c1ccc(C)c(C)c1. The molecule has 2 N–H and O–H groups in total. The molecule has 0 spiro atoms. The third-order valence-corrected chi connectivity index (χ3v) is 7.00. The fraction of sp³-hybridized carbons (Fsp3) is 0.727. The molecule has 0 bridgehead atoms. The van der Waals surface area contributed by atoms with E-state index in [1.165, 1.54) is 0 Å². The molecule has 0 aliphatic carbocycles. The topological polar surface area (TPSA) is 87.7 Å². The molecule has 0 radical (unpaired) electrons. The first-order valence-electron chi connectivity index (χ1n) is 15.4. The van der Waals surface area contributed by atoms with Gasteiger partial charge in [-0.1, -0.05) is 78.0 Å². The van der Waals surface area contributed by atoms with Crippen molar-refractivity contribution in [3.63, 3.8) is 0 Å². The highest BCUT2D eigenvalue weighted by molar-refractivity contribution is 5.92. The average molecular weight is 560 g/mol. The molecule has 0 saturated carbocycles. The molecule has 1 rings (SSSR count). The molecule has 228 valence electrons. The summed E-state index contributed by atoms with van der Waals surface area (Å²) in [5.74, 6) is -0.294. The second-order valence-electron chi connectivity index (χ2n) is 12.7. The van der Waals surface area contributed by atoms with Gasteiger partial charge in [0.25, 0.3) is 0 Å². The van der Waals surface area contributed by atoms with Gasteiger partial charge in [-0.3, -0.25) is 9.59 Å². The summed E-state index contributed by atoms with van der Waals surface area (Å²) >= 11 is 0. The van der Waals surface area contributed by atoms with E-state index >= 15 is 0 Å². The van der Waals surface area contributed by atoms with Gasteiger partial charge in [-0.2, -0.15) is 0 Å². The molecule has 3 atom stereocenters. The number of carbonyl (C=O) groups is 3. The minimum atomic E-state index is -0.805. The van der Waals surface area contributed by atoms with Crippen LogP contribution >= 0.6 is 0 Å². The first-order valence-corrected chi connectivity index (χ1v) is 15.4. The molecular weight excluding hydrogens is 502 g/mol. The minimum Gasteiger partial charge on any atom is -0.444 e. The molecule has 7 heteroatoms. The van der Waals surface area contributed by atoms with Gasteiger partial charge in [0.1, 0.15) is 17.7 Å². The number of nitrogens with one attached hydrogen (secondary N) is 2. The minimum absolute atomic E-state index is 0.0144. The van der Waals surface area contributed by atoms with E-state index in [0.717, 1.165) is 61.6 Å². The van der Waals surface area contributed by atoms with E-state index in [-0.39, 0.29) is 23.8 Å². The predicted molar refractivity (Wildman–Crippen MR) is 164 cm³/mol. The Bertz CT molecular complexity index is 938. The summed E-state index contributed by atoms with van der Waals surface area (Å²) in [6, 6.07) is 4.36. The maximum atomic E-state index is 14.4. The van der Waals surface area contributed by atoms with E-state index in [0.29, 0.717) is 13.0 Å². The lowest BCUT2D eigenvalue weighted by molar-refractivity contribution is -0.143. The monoisotopic (exact) mass is 559 g/mol. The van der Waals surface area contributed by atoms with Crippen molar-refractivity contribution < 1.29 is 19.1 Å². The summed E-state index contributed by atoms with van der Waals surface area (Å²) < 4.78 is 5.51. The highest BCUT2D eigenvalue weighted by atomic mass is 16.6. The van der Waals surface area contributed by atoms with Gasteiger partial charge < -0.3 is 20.3 Å². The van der Waals surface area contributed by atoms with Gasteiger partial charge in [-0.05, 0) is 83.4 Å². The first kappa shape index (κ1) is 35.5. The van der Waals surface area contributed by atoms with Crippen LogP contribution in [0.4, 0.5) is 4.79 Å². The summed E-state index contributed by atoms with van der Waals surface area (Å²) in [6.07, 6.45) is 6.72. The van der Waals surface area contributed by atoms with Gasteiger partial charge >= 0.3 is 6.09 Å².